The van der Waals surface area contributed by atoms with Crippen LogP contribution in [-0.4, -0.2) is 15.3 Å². The molecule has 2 aromatic carbocycles. The normalized spacial score (nSPS) is 10.6. The fraction of sp³-hybridized carbons (Fsp3) is 0.125. The monoisotopic (exact) mass is 266 g/mol. The molecule has 0 saturated carbocycles. The number of benzene rings is 2. The Morgan fingerprint density at radius 3 is 2.40 bits per heavy atom. The summed E-state index contributed by atoms with van der Waals surface area (Å²) in [6.45, 7) is 0. The van der Waals surface area contributed by atoms with E-state index >= 15 is 0 Å². The van der Waals surface area contributed by atoms with Crippen molar-refractivity contribution in [2.75, 3.05) is 0 Å². The summed E-state index contributed by atoms with van der Waals surface area (Å²) >= 11 is 0. The summed E-state index contributed by atoms with van der Waals surface area (Å²) in [5.41, 5.74) is 1.79. The molecule has 4 nitrogen and oxygen atoms in total. The Bertz CT molecular complexity index is 692. The van der Waals surface area contributed by atoms with Crippen LogP contribution in [0.2, 0.25) is 0 Å². The maximum atomic E-state index is 9.75. The second-order valence-corrected chi connectivity index (χ2v) is 4.50. The van der Waals surface area contributed by atoms with E-state index in [0.717, 1.165) is 6.42 Å². The molecule has 0 spiro atoms. The molecule has 3 rings (SSSR count). The Labute approximate surface area is 116 Å². The SMILES string of the molecule is Oc1ccccc1-c1nnc(CCc2ccccc2)o1. The highest BCUT2D eigenvalue weighted by atomic mass is 16.4. The minimum atomic E-state index is 0.144. The number of para-hydroxylation sites is 1. The molecule has 1 aromatic heterocycles. The number of aryl methyl sites for hydroxylation is 2. The van der Waals surface area contributed by atoms with Gasteiger partial charge in [-0.05, 0) is 24.1 Å². The van der Waals surface area contributed by atoms with Crippen LogP contribution in [0.3, 0.4) is 0 Å². The largest absolute Gasteiger partial charge is 0.507 e. The summed E-state index contributed by atoms with van der Waals surface area (Å²) in [4.78, 5) is 0. The van der Waals surface area contributed by atoms with Crippen molar-refractivity contribution in [3.05, 3.63) is 66.1 Å². The van der Waals surface area contributed by atoms with Gasteiger partial charge in [0.1, 0.15) is 5.75 Å². The van der Waals surface area contributed by atoms with Crippen molar-refractivity contribution in [3.8, 4) is 17.2 Å². The standard InChI is InChI=1S/C16H14N2O2/c19-14-9-5-4-8-13(14)16-18-17-15(20-16)11-10-12-6-2-1-3-7-12/h1-9,19H,10-11H2. The van der Waals surface area contributed by atoms with E-state index in [1.165, 1.54) is 5.56 Å². The number of hydrogen-bond acceptors (Lipinski definition) is 4. The molecule has 4 heteroatoms. The highest BCUT2D eigenvalue weighted by molar-refractivity contribution is 5.61. The smallest absolute Gasteiger partial charge is 0.251 e. The van der Waals surface area contributed by atoms with E-state index < -0.39 is 0 Å². The van der Waals surface area contributed by atoms with E-state index in [0.29, 0.717) is 23.8 Å². The third-order valence-corrected chi connectivity index (χ3v) is 3.07. The van der Waals surface area contributed by atoms with Crippen LogP contribution < -0.4 is 0 Å². The van der Waals surface area contributed by atoms with Crippen LogP contribution in [-0.2, 0) is 12.8 Å². The molecule has 0 bridgehead atoms. The second kappa shape index (κ2) is 5.57. The predicted molar refractivity (Wildman–Crippen MR) is 75.2 cm³/mol. The van der Waals surface area contributed by atoms with Gasteiger partial charge in [0.15, 0.2) is 0 Å². The van der Waals surface area contributed by atoms with Crippen molar-refractivity contribution in [3.63, 3.8) is 0 Å². The Morgan fingerprint density at radius 2 is 1.60 bits per heavy atom. The molecule has 0 unspecified atom stereocenters. The van der Waals surface area contributed by atoms with Crippen LogP contribution in [0.15, 0.2) is 59.0 Å². The fourth-order valence-electron chi connectivity index (χ4n) is 2.01. The lowest BCUT2D eigenvalue weighted by Crippen LogP contribution is -1.90. The minimum Gasteiger partial charge on any atom is -0.507 e. The van der Waals surface area contributed by atoms with Gasteiger partial charge in [-0.1, -0.05) is 42.5 Å². The Hall–Kier alpha value is -2.62. The zero-order valence-corrected chi connectivity index (χ0v) is 10.9. The van der Waals surface area contributed by atoms with Gasteiger partial charge in [0.25, 0.3) is 5.89 Å². The molecule has 3 aromatic rings. The maximum Gasteiger partial charge on any atom is 0.251 e. The Morgan fingerprint density at radius 1 is 0.850 bits per heavy atom. The Kier molecular flexibility index (Phi) is 3.46. The topological polar surface area (TPSA) is 59.2 Å². The lowest BCUT2D eigenvalue weighted by atomic mass is 10.1. The van der Waals surface area contributed by atoms with Gasteiger partial charge >= 0.3 is 0 Å². The number of aromatic hydroxyl groups is 1. The highest BCUT2D eigenvalue weighted by Gasteiger charge is 2.11. The first kappa shape index (κ1) is 12.4. The number of phenols is 1. The van der Waals surface area contributed by atoms with Crippen LogP contribution in [0.1, 0.15) is 11.5 Å². The van der Waals surface area contributed by atoms with Crippen molar-refractivity contribution in [2.24, 2.45) is 0 Å². The average molecular weight is 266 g/mol. The van der Waals surface area contributed by atoms with Crippen LogP contribution >= 0.6 is 0 Å². The highest BCUT2D eigenvalue weighted by Crippen LogP contribution is 2.27. The van der Waals surface area contributed by atoms with E-state index in [-0.39, 0.29) is 5.75 Å². The molecule has 0 aliphatic carbocycles. The van der Waals surface area contributed by atoms with E-state index in [9.17, 15) is 5.11 Å². The molecule has 1 heterocycles. The number of rotatable bonds is 4. The fourth-order valence-corrected chi connectivity index (χ4v) is 2.01. The van der Waals surface area contributed by atoms with E-state index in [1.54, 1.807) is 18.2 Å². The summed E-state index contributed by atoms with van der Waals surface area (Å²) in [5, 5.41) is 17.8. The minimum absolute atomic E-state index is 0.144. The molecular formula is C16H14N2O2. The van der Waals surface area contributed by atoms with E-state index in [2.05, 4.69) is 22.3 Å². The number of phenolic OH excluding ortho intramolecular Hbond substituents is 1. The molecule has 0 amide bonds. The third-order valence-electron chi connectivity index (χ3n) is 3.07. The molecule has 20 heavy (non-hydrogen) atoms. The molecule has 0 atom stereocenters. The van der Waals surface area contributed by atoms with Crippen molar-refractivity contribution < 1.29 is 9.52 Å². The number of aromatic nitrogens is 2. The van der Waals surface area contributed by atoms with E-state index in [4.69, 9.17) is 4.42 Å². The second-order valence-electron chi connectivity index (χ2n) is 4.50. The molecule has 0 aliphatic rings. The third kappa shape index (κ3) is 2.69. The lowest BCUT2D eigenvalue weighted by molar-refractivity contribution is 0.468. The maximum absolute atomic E-state index is 9.75. The molecule has 0 aliphatic heterocycles. The Balaban J connectivity index is 1.73. The summed E-state index contributed by atoms with van der Waals surface area (Å²) in [7, 11) is 0. The molecule has 100 valence electrons. The van der Waals surface area contributed by atoms with Gasteiger partial charge in [0, 0.05) is 6.42 Å². The van der Waals surface area contributed by atoms with Gasteiger partial charge in [-0.3, -0.25) is 0 Å². The molecule has 0 fully saturated rings. The van der Waals surface area contributed by atoms with Crippen molar-refractivity contribution in [2.45, 2.75) is 12.8 Å². The summed E-state index contributed by atoms with van der Waals surface area (Å²) < 4.78 is 5.59. The summed E-state index contributed by atoms with van der Waals surface area (Å²) in [6.07, 6.45) is 1.54. The van der Waals surface area contributed by atoms with Gasteiger partial charge in [-0.25, -0.2) is 0 Å². The van der Waals surface area contributed by atoms with E-state index in [1.807, 2.05) is 24.3 Å². The van der Waals surface area contributed by atoms with Gasteiger partial charge in [0.05, 0.1) is 5.56 Å². The van der Waals surface area contributed by atoms with Gasteiger partial charge in [0.2, 0.25) is 5.89 Å². The van der Waals surface area contributed by atoms with Crippen LogP contribution in [0.25, 0.3) is 11.5 Å². The van der Waals surface area contributed by atoms with Gasteiger partial charge in [-0.2, -0.15) is 0 Å². The lowest BCUT2D eigenvalue weighted by Gasteiger charge is -1.98. The first-order valence-electron chi connectivity index (χ1n) is 6.47. The molecule has 0 saturated heterocycles. The first-order valence-corrected chi connectivity index (χ1v) is 6.47. The predicted octanol–water partition coefficient (Wildman–Crippen LogP) is 3.23. The zero-order chi connectivity index (χ0) is 13.8. The molecule has 1 N–H and O–H groups in total. The van der Waals surface area contributed by atoms with Crippen molar-refractivity contribution >= 4 is 0 Å². The summed E-state index contributed by atoms with van der Waals surface area (Å²) in [5.74, 6) is 1.07. The quantitative estimate of drug-likeness (QED) is 0.787. The van der Waals surface area contributed by atoms with Gasteiger partial charge in [-0.15, -0.1) is 10.2 Å². The van der Waals surface area contributed by atoms with Crippen molar-refractivity contribution in [1.82, 2.24) is 10.2 Å². The zero-order valence-electron chi connectivity index (χ0n) is 10.9. The van der Waals surface area contributed by atoms with Crippen LogP contribution in [0.4, 0.5) is 0 Å². The van der Waals surface area contributed by atoms with Crippen molar-refractivity contribution in [1.29, 1.82) is 0 Å². The first-order chi connectivity index (χ1) is 9.83. The van der Waals surface area contributed by atoms with Gasteiger partial charge < -0.3 is 9.52 Å². The molecular weight excluding hydrogens is 252 g/mol. The molecule has 0 radical (unpaired) electrons. The van der Waals surface area contributed by atoms with Crippen LogP contribution in [0.5, 0.6) is 5.75 Å². The average Bonchev–Trinajstić information content (AvgIpc) is 2.95. The van der Waals surface area contributed by atoms with Crippen LogP contribution in [0, 0.1) is 0 Å². The number of hydrogen-bond donors (Lipinski definition) is 1. The number of nitrogens with zero attached hydrogens (tertiary/aromatic N) is 2. The summed E-state index contributed by atoms with van der Waals surface area (Å²) in [6, 6.07) is 17.1.